The van der Waals surface area contributed by atoms with E-state index in [9.17, 15) is 5.11 Å². The first kappa shape index (κ1) is 13.4. The van der Waals surface area contributed by atoms with E-state index < -0.39 is 0 Å². The van der Waals surface area contributed by atoms with Crippen molar-refractivity contribution in [2.75, 3.05) is 13.2 Å². The van der Waals surface area contributed by atoms with E-state index >= 15 is 0 Å². The summed E-state index contributed by atoms with van der Waals surface area (Å²) in [6.07, 6.45) is 5.58. The molecule has 100 valence electrons. The van der Waals surface area contributed by atoms with Crippen LogP contribution in [0.4, 0.5) is 0 Å². The van der Waals surface area contributed by atoms with E-state index in [-0.39, 0.29) is 12.7 Å². The lowest BCUT2D eigenvalue weighted by molar-refractivity contribution is 0.180. The lowest BCUT2D eigenvalue weighted by atomic mass is 10.1. The third-order valence-electron chi connectivity index (χ3n) is 3.48. The molecular formula is C15H22O3. The molecule has 0 aliphatic heterocycles. The number of fused-ring (bicyclic) bond motifs is 1. The van der Waals surface area contributed by atoms with Gasteiger partial charge in [-0.1, -0.05) is 12.5 Å². The zero-order valence-corrected chi connectivity index (χ0v) is 10.8. The van der Waals surface area contributed by atoms with Crippen molar-refractivity contribution in [2.24, 2.45) is 0 Å². The zero-order chi connectivity index (χ0) is 12.8. The summed E-state index contributed by atoms with van der Waals surface area (Å²) in [6.45, 7) is 1.01. The minimum atomic E-state index is -0.285. The molecule has 18 heavy (non-hydrogen) atoms. The molecule has 0 fully saturated rings. The first-order chi connectivity index (χ1) is 8.81. The van der Waals surface area contributed by atoms with Crippen LogP contribution in [0.1, 0.15) is 49.3 Å². The number of hydrogen-bond donors (Lipinski definition) is 2. The fraction of sp³-hybridized carbons (Fsp3) is 0.600. The summed E-state index contributed by atoms with van der Waals surface area (Å²) >= 11 is 0. The van der Waals surface area contributed by atoms with Crippen molar-refractivity contribution in [3.63, 3.8) is 0 Å². The minimum Gasteiger partial charge on any atom is -0.494 e. The average Bonchev–Trinajstić information content (AvgIpc) is 2.75. The molecule has 0 saturated carbocycles. The molecule has 1 aliphatic rings. The van der Waals surface area contributed by atoms with Crippen LogP contribution in [-0.2, 0) is 6.42 Å². The third kappa shape index (κ3) is 3.47. The maximum Gasteiger partial charge on any atom is 0.119 e. The minimum absolute atomic E-state index is 0.285. The van der Waals surface area contributed by atoms with Crippen LogP contribution in [0.15, 0.2) is 18.2 Å². The smallest absolute Gasteiger partial charge is 0.119 e. The van der Waals surface area contributed by atoms with Crippen LogP contribution < -0.4 is 4.74 Å². The third-order valence-corrected chi connectivity index (χ3v) is 3.48. The molecule has 0 spiro atoms. The Hall–Kier alpha value is -1.06. The lowest BCUT2D eigenvalue weighted by Crippen LogP contribution is -1.98. The Labute approximate surface area is 108 Å². The molecule has 1 aliphatic carbocycles. The fourth-order valence-electron chi connectivity index (χ4n) is 2.42. The van der Waals surface area contributed by atoms with E-state index in [1.54, 1.807) is 0 Å². The number of aryl methyl sites for hydroxylation is 1. The average molecular weight is 250 g/mol. The van der Waals surface area contributed by atoms with Gasteiger partial charge in [0.25, 0.3) is 0 Å². The Morgan fingerprint density at radius 3 is 2.83 bits per heavy atom. The molecule has 0 amide bonds. The highest BCUT2D eigenvalue weighted by Crippen LogP contribution is 2.33. The highest BCUT2D eigenvalue weighted by atomic mass is 16.5. The Morgan fingerprint density at radius 2 is 2.00 bits per heavy atom. The van der Waals surface area contributed by atoms with E-state index in [1.807, 2.05) is 12.1 Å². The highest BCUT2D eigenvalue weighted by Gasteiger charge is 2.20. The molecule has 1 atom stereocenters. The van der Waals surface area contributed by atoms with Crippen LogP contribution in [0.5, 0.6) is 5.75 Å². The van der Waals surface area contributed by atoms with Gasteiger partial charge in [-0.05, 0) is 55.4 Å². The predicted octanol–water partition coefficient (Wildman–Crippen LogP) is 2.60. The second-order valence-electron chi connectivity index (χ2n) is 4.90. The maximum absolute atomic E-state index is 9.71. The molecule has 3 nitrogen and oxygen atoms in total. The van der Waals surface area contributed by atoms with Gasteiger partial charge in [-0.3, -0.25) is 0 Å². The number of ether oxygens (including phenoxy) is 1. The van der Waals surface area contributed by atoms with E-state index in [0.29, 0.717) is 0 Å². The van der Waals surface area contributed by atoms with E-state index in [2.05, 4.69) is 6.07 Å². The molecule has 0 unspecified atom stereocenters. The van der Waals surface area contributed by atoms with E-state index in [4.69, 9.17) is 9.84 Å². The topological polar surface area (TPSA) is 49.7 Å². The molecule has 1 aromatic rings. The second kappa shape index (κ2) is 6.76. The first-order valence-corrected chi connectivity index (χ1v) is 6.86. The summed E-state index contributed by atoms with van der Waals surface area (Å²) in [5.41, 5.74) is 2.28. The maximum atomic E-state index is 9.71. The number of benzene rings is 1. The van der Waals surface area contributed by atoms with Crippen molar-refractivity contribution in [1.29, 1.82) is 0 Å². The Balaban J connectivity index is 1.74. The van der Waals surface area contributed by atoms with Crippen molar-refractivity contribution in [3.8, 4) is 5.75 Å². The largest absolute Gasteiger partial charge is 0.494 e. The summed E-state index contributed by atoms with van der Waals surface area (Å²) in [5.74, 6) is 0.907. The normalized spacial score (nSPS) is 17.8. The van der Waals surface area contributed by atoms with Crippen molar-refractivity contribution >= 4 is 0 Å². The molecule has 1 aromatic carbocycles. The molecular weight excluding hydrogens is 228 g/mol. The van der Waals surface area contributed by atoms with Gasteiger partial charge in [-0.2, -0.15) is 0 Å². The van der Waals surface area contributed by atoms with Gasteiger partial charge >= 0.3 is 0 Å². The van der Waals surface area contributed by atoms with Gasteiger partial charge in [0.2, 0.25) is 0 Å². The number of hydrogen-bond acceptors (Lipinski definition) is 3. The summed E-state index contributed by atoms with van der Waals surface area (Å²) in [4.78, 5) is 0. The van der Waals surface area contributed by atoms with Gasteiger partial charge in [0.15, 0.2) is 0 Å². The predicted molar refractivity (Wildman–Crippen MR) is 70.8 cm³/mol. The summed E-state index contributed by atoms with van der Waals surface area (Å²) in [5, 5.41) is 18.4. The van der Waals surface area contributed by atoms with Crippen molar-refractivity contribution in [3.05, 3.63) is 29.3 Å². The molecule has 2 N–H and O–H groups in total. The molecule has 0 aromatic heterocycles. The van der Waals surface area contributed by atoms with Gasteiger partial charge in [0, 0.05) is 6.61 Å². The van der Waals surface area contributed by atoms with Gasteiger partial charge in [-0.25, -0.2) is 0 Å². The van der Waals surface area contributed by atoms with Crippen LogP contribution in [0.3, 0.4) is 0 Å². The van der Waals surface area contributed by atoms with E-state index in [1.165, 1.54) is 5.56 Å². The van der Waals surface area contributed by atoms with Crippen LogP contribution in [-0.4, -0.2) is 23.4 Å². The molecule has 2 rings (SSSR count). The van der Waals surface area contributed by atoms with Crippen molar-refractivity contribution < 1.29 is 14.9 Å². The Morgan fingerprint density at radius 1 is 1.17 bits per heavy atom. The zero-order valence-electron chi connectivity index (χ0n) is 10.8. The second-order valence-corrected chi connectivity index (χ2v) is 4.90. The van der Waals surface area contributed by atoms with Crippen LogP contribution in [0, 0.1) is 0 Å². The van der Waals surface area contributed by atoms with Crippen LogP contribution in [0.25, 0.3) is 0 Å². The summed E-state index contributed by atoms with van der Waals surface area (Å²) in [7, 11) is 0. The van der Waals surface area contributed by atoms with Gasteiger partial charge in [0.05, 0.1) is 12.7 Å². The monoisotopic (exact) mass is 250 g/mol. The summed E-state index contributed by atoms with van der Waals surface area (Å²) < 4.78 is 5.70. The number of aliphatic hydroxyl groups is 2. The van der Waals surface area contributed by atoms with Gasteiger partial charge < -0.3 is 14.9 Å². The molecule has 0 heterocycles. The van der Waals surface area contributed by atoms with Crippen molar-refractivity contribution in [1.82, 2.24) is 0 Å². The van der Waals surface area contributed by atoms with Crippen molar-refractivity contribution in [2.45, 2.75) is 44.6 Å². The molecule has 3 heteroatoms. The standard InChI is InChI=1S/C15H22O3/c16-9-3-1-2-4-10-18-13-6-7-14-12(11-13)5-8-15(14)17/h6-7,11,15-17H,1-5,8-10H2/t15-/m1/s1. The Kier molecular flexibility index (Phi) is 5.02. The molecule has 0 saturated heterocycles. The molecule has 0 radical (unpaired) electrons. The highest BCUT2D eigenvalue weighted by molar-refractivity contribution is 5.39. The van der Waals surface area contributed by atoms with Crippen LogP contribution in [0.2, 0.25) is 0 Å². The Bertz CT molecular complexity index is 376. The SMILES string of the molecule is OCCCCCCOc1ccc2c(c1)CC[C@H]2O. The van der Waals surface area contributed by atoms with Crippen LogP contribution >= 0.6 is 0 Å². The number of rotatable bonds is 7. The lowest BCUT2D eigenvalue weighted by Gasteiger charge is -2.09. The number of aliphatic hydroxyl groups excluding tert-OH is 2. The molecule has 0 bridgehead atoms. The fourth-order valence-corrected chi connectivity index (χ4v) is 2.42. The van der Waals surface area contributed by atoms with E-state index in [0.717, 1.165) is 56.4 Å². The number of unbranched alkanes of at least 4 members (excludes halogenated alkanes) is 3. The van der Waals surface area contributed by atoms with Gasteiger partial charge in [0.1, 0.15) is 5.75 Å². The summed E-state index contributed by atoms with van der Waals surface area (Å²) in [6, 6.07) is 5.98. The quantitative estimate of drug-likeness (QED) is 0.731. The first-order valence-electron chi connectivity index (χ1n) is 6.86. The van der Waals surface area contributed by atoms with Gasteiger partial charge in [-0.15, -0.1) is 0 Å².